The summed E-state index contributed by atoms with van der Waals surface area (Å²) in [7, 11) is 0. The van der Waals surface area contributed by atoms with E-state index in [-0.39, 0.29) is 5.91 Å². The summed E-state index contributed by atoms with van der Waals surface area (Å²) in [6.07, 6.45) is 0.0698. The molecule has 1 N–H and O–H groups in total. The van der Waals surface area contributed by atoms with Crippen LogP contribution in [-0.4, -0.2) is 41.3 Å². The number of anilines is 1. The number of carbonyl (C=O) groups is 1. The zero-order valence-electron chi connectivity index (χ0n) is 11.9. The van der Waals surface area contributed by atoms with E-state index in [1.165, 1.54) is 0 Å². The van der Waals surface area contributed by atoms with Crippen LogP contribution in [0, 0.1) is 11.3 Å². The second-order valence-electron chi connectivity index (χ2n) is 5.81. The number of hydrogen-bond donors (Lipinski definition) is 1. The highest BCUT2D eigenvalue weighted by Crippen LogP contribution is 2.35. The molecule has 0 radical (unpaired) electrons. The largest absolute Gasteiger partial charge is 0.391 e. The quantitative estimate of drug-likeness (QED) is 0.864. The molecule has 2 heterocycles. The molecule has 110 valence electrons. The van der Waals surface area contributed by atoms with Gasteiger partial charge in [0, 0.05) is 17.3 Å². The molecule has 2 fully saturated rings. The van der Waals surface area contributed by atoms with Crippen molar-refractivity contribution in [3.63, 3.8) is 0 Å². The molecule has 0 spiro atoms. The lowest BCUT2D eigenvalue weighted by Crippen LogP contribution is -2.36. The average molecular weight is 293 g/mol. The van der Waals surface area contributed by atoms with Gasteiger partial charge >= 0.3 is 0 Å². The monoisotopic (exact) mass is 293 g/mol. The third-order valence-corrected chi connectivity index (χ3v) is 4.62. The van der Waals surface area contributed by atoms with E-state index in [1.54, 1.807) is 11.0 Å². The van der Waals surface area contributed by atoms with Crippen molar-refractivity contribution in [2.24, 2.45) is 0 Å². The summed E-state index contributed by atoms with van der Waals surface area (Å²) in [4.78, 5) is 16.4. The molecule has 22 heavy (non-hydrogen) atoms. The van der Waals surface area contributed by atoms with Crippen molar-refractivity contribution in [1.82, 2.24) is 4.90 Å². The molecular weight excluding hydrogens is 278 g/mol. The molecule has 0 aromatic heterocycles. The highest BCUT2D eigenvalue weighted by Gasteiger charge is 2.47. The zero-order chi connectivity index (χ0) is 15.3. The van der Waals surface area contributed by atoms with Gasteiger partial charge in [-0.2, -0.15) is 5.26 Å². The van der Waals surface area contributed by atoms with Crippen LogP contribution in [0.4, 0.5) is 5.69 Å². The second-order valence-corrected chi connectivity index (χ2v) is 5.81. The normalized spacial score (nSPS) is 24.7. The number of fused-ring (bicyclic) bond motifs is 2. The van der Waals surface area contributed by atoms with Gasteiger partial charge in [-0.25, -0.2) is 0 Å². The van der Waals surface area contributed by atoms with Crippen LogP contribution in [0.2, 0.25) is 0 Å². The predicted molar refractivity (Wildman–Crippen MR) is 82.1 cm³/mol. The summed E-state index contributed by atoms with van der Waals surface area (Å²) < 4.78 is 0. The topological polar surface area (TPSA) is 67.6 Å². The first-order valence-electron chi connectivity index (χ1n) is 7.36. The van der Waals surface area contributed by atoms with Crippen LogP contribution in [0.3, 0.4) is 0 Å². The van der Waals surface area contributed by atoms with Gasteiger partial charge in [0.15, 0.2) is 0 Å². The Morgan fingerprint density at radius 1 is 1.18 bits per heavy atom. The van der Waals surface area contributed by atoms with E-state index in [1.807, 2.05) is 35.2 Å². The molecule has 0 aliphatic carbocycles. The van der Waals surface area contributed by atoms with Crippen LogP contribution in [0.5, 0.6) is 0 Å². The summed E-state index contributed by atoms with van der Waals surface area (Å²) >= 11 is 0. The third-order valence-electron chi connectivity index (χ3n) is 4.62. The number of nitriles is 1. The van der Waals surface area contributed by atoms with Crippen molar-refractivity contribution in [1.29, 1.82) is 5.26 Å². The van der Waals surface area contributed by atoms with Crippen molar-refractivity contribution >= 4 is 22.4 Å². The molecule has 2 aromatic carbocycles. The minimum Gasteiger partial charge on any atom is -0.391 e. The maximum absolute atomic E-state index is 12.7. The van der Waals surface area contributed by atoms with E-state index < -0.39 is 12.1 Å². The van der Waals surface area contributed by atoms with Gasteiger partial charge in [0.2, 0.25) is 5.91 Å². The van der Waals surface area contributed by atoms with Gasteiger partial charge in [-0.1, -0.05) is 24.3 Å². The number of benzene rings is 2. The molecule has 0 bridgehead atoms. The van der Waals surface area contributed by atoms with E-state index >= 15 is 0 Å². The summed E-state index contributed by atoms with van der Waals surface area (Å²) in [5.74, 6) is -0.0557. The Kier molecular flexibility index (Phi) is 2.89. The Hall–Kier alpha value is -2.42. The number of hydrogen-bond acceptors (Lipinski definition) is 4. The molecule has 2 aliphatic heterocycles. The standard InChI is InChI=1S/C17H15N3O2/c18-9-11-5-6-14(13-4-2-1-3-12(11)13)20-10-19-8-7-15(21)16(19)17(20)22/h1-6,15-16,21H,7-8,10H2/t15-,16+/m1/s1. The van der Waals surface area contributed by atoms with Crippen LogP contribution < -0.4 is 4.90 Å². The Morgan fingerprint density at radius 2 is 1.95 bits per heavy atom. The van der Waals surface area contributed by atoms with Crippen molar-refractivity contribution in [2.75, 3.05) is 18.1 Å². The van der Waals surface area contributed by atoms with Gasteiger partial charge < -0.3 is 5.11 Å². The number of aliphatic hydroxyl groups is 1. The maximum Gasteiger partial charge on any atom is 0.248 e. The minimum atomic E-state index is -0.581. The summed E-state index contributed by atoms with van der Waals surface area (Å²) in [6.45, 7) is 1.23. The van der Waals surface area contributed by atoms with Crippen molar-refractivity contribution in [3.05, 3.63) is 42.0 Å². The molecule has 1 amide bonds. The minimum absolute atomic E-state index is 0.0557. The SMILES string of the molecule is N#Cc1ccc(N2CN3CC[C@@H](O)[C@H]3C2=O)c2ccccc12. The van der Waals surface area contributed by atoms with E-state index in [4.69, 9.17) is 0 Å². The Balaban J connectivity index is 1.83. The van der Waals surface area contributed by atoms with Crippen LogP contribution in [0.15, 0.2) is 36.4 Å². The van der Waals surface area contributed by atoms with E-state index in [0.717, 1.165) is 23.0 Å². The third kappa shape index (κ3) is 1.75. The first-order chi connectivity index (χ1) is 10.7. The van der Waals surface area contributed by atoms with Crippen LogP contribution in [0.1, 0.15) is 12.0 Å². The molecule has 2 aromatic rings. The number of carbonyl (C=O) groups excluding carboxylic acids is 1. The summed E-state index contributed by atoms with van der Waals surface area (Å²) in [5, 5.41) is 21.0. The van der Waals surface area contributed by atoms with E-state index in [2.05, 4.69) is 6.07 Å². The fraction of sp³-hybridized carbons (Fsp3) is 0.294. The molecule has 5 nitrogen and oxygen atoms in total. The average Bonchev–Trinajstić information content (AvgIpc) is 3.07. The molecule has 2 atom stereocenters. The molecule has 2 aliphatic rings. The lowest BCUT2D eigenvalue weighted by Gasteiger charge is -2.20. The fourth-order valence-corrected chi connectivity index (χ4v) is 3.54. The highest BCUT2D eigenvalue weighted by atomic mass is 16.3. The molecule has 0 unspecified atom stereocenters. The lowest BCUT2D eigenvalue weighted by atomic mass is 10.0. The molecule has 2 saturated heterocycles. The fourth-order valence-electron chi connectivity index (χ4n) is 3.54. The summed E-state index contributed by atoms with van der Waals surface area (Å²) in [5.41, 5.74) is 1.41. The molecular formula is C17H15N3O2. The van der Waals surface area contributed by atoms with Gasteiger partial charge in [0.1, 0.15) is 6.04 Å². The number of rotatable bonds is 1. The molecule has 4 rings (SSSR count). The molecule has 5 heteroatoms. The van der Waals surface area contributed by atoms with Gasteiger partial charge in [-0.3, -0.25) is 14.6 Å². The summed E-state index contributed by atoms with van der Waals surface area (Å²) in [6, 6.07) is 13.0. The maximum atomic E-state index is 12.7. The number of nitrogens with zero attached hydrogens (tertiary/aromatic N) is 3. The van der Waals surface area contributed by atoms with Crippen molar-refractivity contribution in [3.8, 4) is 6.07 Å². The second kappa shape index (κ2) is 4.80. The molecule has 0 saturated carbocycles. The van der Waals surface area contributed by atoms with Crippen molar-refractivity contribution < 1.29 is 9.90 Å². The van der Waals surface area contributed by atoms with E-state index in [9.17, 15) is 15.2 Å². The number of amides is 1. The lowest BCUT2D eigenvalue weighted by molar-refractivity contribution is -0.121. The Bertz CT molecular complexity index is 811. The Labute approximate surface area is 128 Å². The van der Waals surface area contributed by atoms with Crippen LogP contribution >= 0.6 is 0 Å². The van der Waals surface area contributed by atoms with Gasteiger partial charge in [-0.15, -0.1) is 0 Å². The number of aliphatic hydroxyl groups excluding tert-OH is 1. The first kappa shape index (κ1) is 13.3. The zero-order valence-corrected chi connectivity index (χ0v) is 11.9. The van der Waals surface area contributed by atoms with Gasteiger partial charge in [0.25, 0.3) is 0 Å². The Morgan fingerprint density at radius 3 is 2.68 bits per heavy atom. The first-order valence-corrected chi connectivity index (χ1v) is 7.36. The van der Waals surface area contributed by atoms with Gasteiger partial charge in [-0.05, 0) is 18.6 Å². The van der Waals surface area contributed by atoms with E-state index in [0.29, 0.717) is 18.7 Å². The van der Waals surface area contributed by atoms with Crippen molar-refractivity contribution in [2.45, 2.75) is 18.6 Å². The van der Waals surface area contributed by atoms with Gasteiger partial charge in [0.05, 0.1) is 30.1 Å². The predicted octanol–water partition coefficient (Wildman–Crippen LogP) is 1.45. The smallest absolute Gasteiger partial charge is 0.248 e. The van der Waals surface area contributed by atoms with Crippen LogP contribution in [-0.2, 0) is 4.79 Å². The highest BCUT2D eigenvalue weighted by molar-refractivity contribution is 6.08. The van der Waals surface area contributed by atoms with Crippen LogP contribution in [0.25, 0.3) is 10.8 Å².